The number of sulfonamides is 2. The van der Waals surface area contributed by atoms with E-state index in [2.05, 4.69) is 5.32 Å². The Morgan fingerprint density at radius 3 is 2.54 bits per heavy atom. The second-order valence-electron chi connectivity index (χ2n) is 5.70. The van der Waals surface area contributed by atoms with Crippen LogP contribution < -0.4 is 19.5 Å². The van der Waals surface area contributed by atoms with Gasteiger partial charge in [-0.3, -0.25) is 4.31 Å². The Hall–Kier alpha value is -1.66. The molecular weight excluding hydrogens is 398 g/mol. The minimum absolute atomic E-state index is 0.00505. The van der Waals surface area contributed by atoms with Gasteiger partial charge in [-0.2, -0.15) is 0 Å². The second kappa shape index (κ2) is 6.82. The second-order valence-corrected chi connectivity index (χ2v) is 10.6. The summed E-state index contributed by atoms with van der Waals surface area (Å²) in [5.41, 5.74) is 0.913. The van der Waals surface area contributed by atoms with Crippen LogP contribution in [0.2, 0.25) is 0 Å². The third-order valence-corrected chi connectivity index (χ3v) is 8.93. The normalized spacial score (nSPS) is 19.2. The fraction of sp³-hybridized carbons (Fsp3) is 0.333. The van der Waals surface area contributed by atoms with Gasteiger partial charge in [0.25, 0.3) is 10.0 Å². The average Bonchev–Trinajstić information content (AvgIpc) is 3.05. The van der Waals surface area contributed by atoms with Crippen molar-refractivity contribution in [3.63, 3.8) is 0 Å². The highest BCUT2D eigenvalue weighted by Gasteiger charge is 2.40. The number of rotatable bonds is 5. The maximum Gasteiger partial charge on any atom is 0.274 e. The first-order valence-electron chi connectivity index (χ1n) is 7.75. The number of primary sulfonamides is 1. The lowest BCUT2D eigenvalue weighted by atomic mass is 10.1. The van der Waals surface area contributed by atoms with E-state index in [1.54, 1.807) is 24.3 Å². The number of benzene rings is 1. The number of likely N-dealkylation sites (N-methyl/N-ethyl adjacent to an activating group) is 1. The molecule has 0 unspecified atom stereocenters. The van der Waals surface area contributed by atoms with E-state index in [1.807, 2.05) is 6.92 Å². The molecule has 8 nitrogen and oxygen atoms in total. The van der Waals surface area contributed by atoms with Gasteiger partial charge in [-0.05, 0) is 36.9 Å². The van der Waals surface area contributed by atoms with Crippen LogP contribution in [0.3, 0.4) is 0 Å². The molecule has 142 valence electrons. The van der Waals surface area contributed by atoms with Crippen molar-refractivity contribution >= 4 is 37.1 Å². The van der Waals surface area contributed by atoms with Crippen molar-refractivity contribution in [1.82, 2.24) is 5.32 Å². The molecule has 11 heteroatoms. The number of hydrogen-bond acceptors (Lipinski definition) is 7. The summed E-state index contributed by atoms with van der Waals surface area (Å²) in [7, 11) is -6.35. The van der Waals surface area contributed by atoms with E-state index in [9.17, 15) is 16.8 Å². The third-order valence-electron chi connectivity index (χ3n) is 4.04. The van der Waals surface area contributed by atoms with Gasteiger partial charge >= 0.3 is 0 Å². The first-order chi connectivity index (χ1) is 12.2. The quantitative estimate of drug-likeness (QED) is 0.756. The average molecular weight is 418 g/mol. The summed E-state index contributed by atoms with van der Waals surface area (Å²) >= 11 is 0.678. The lowest BCUT2D eigenvalue weighted by molar-refractivity contribution is 0.415. The molecule has 0 saturated heterocycles. The van der Waals surface area contributed by atoms with Crippen LogP contribution in [0.15, 0.2) is 38.8 Å². The summed E-state index contributed by atoms with van der Waals surface area (Å²) in [4.78, 5) is 0. The SMILES string of the molecule is CCN[C@H]1CN(c2ccc(OC)cc2)S(=O)(=O)c2sc(S(N)(=O)=O)cc21. The molecule has 0 radical (unpaired) electrons. The number of nitrogens with two attached hydrogens (primary N) is 1. The van der Waals surface area contributed by atoms with Crippen LogP contribution in [0.4, 0.5) is 5.69 Å². The van der Waals surface area contributed by atoms with Crippen molar-refractivity contribution in [3.8, 4) is 5.75 Å². The Morgan fingerprint density at radius 1 is 1.35 bits per heavy atom. The third kappa shape index (κ3) is 3.32. The topological polar surface area (TPSA) is 119 Å². The smallest absolute Gasteiger partial charge is 0.274 e. The zero-order valence-electron chi connectivity index (χ0n) is 14.2. The van der Waals surface area contributed by atoms with Gasteiger partial charge in [0, 0.05) is 5.56 Å². The Kier molecular flexibility index (Phi) is 5.01. The molecule has 0 fully saturated rings. The maximum atomic E-state index is 13.1. The van der Waals surface area contributed by atoms with Crippen molar-refractivity contribution in [2.45, 2.75) is 21.4 Å². The van der Waals surface area contributed by atoms with Crippen molar-refractivity contribution in [1.29, 1.82) is 0 Å². The van der Waals surface area contributed by atoms with Crippen molar-refractivity contribution in [2.24, 2.45) is 5.14 Å². The summed E-state index contributed by atoms with van der Waals surface area (Å²) in [6.07, 6.45) is 0. The predicted molar refractivity (Wildman–Crippen MR) is 99.6 cm³/mol. The number of nitrogens with one attached hydrogen (secondary N) is 1. The number of methoxy groups -OCH3 is 1. The fourth-order valence-corrected chi connectivity index (χ4v) is 7.08. The van der Waals surface area contributed by atoms with Crippen LogP contribution in [0.25, 0.3) is 0 Å². The number of hydrogen-bond donors (Lipinski definition) is 2. The van der Waals surface area contributed by atoms with Crippen LogP contribution in [0.1, 0.15) is 18.5 Å². The summed E-state index contributed by atoms with van der Waals surface area (Å²) in [5.74, 6) is 0.611. The molecule has 1 aliphatic heterocycles. The predicted octanol–water partition coefficient (Wildman–Crippen LogP) is 1.26. The van der Waals surface area contributed by atoms with Crippen LogP contribution >= 0.6 is 11.3 Å². The number of nitrogens with zero attached hydrogens (tertiary/aromatic N) is 1. The van der Waals surface area contributed by atoms with Crippen molar-refractivity contribution < 1.29 is 21.6 Å². The van der Waals surface area contributed by atoms with E-state index in [-0.39, 0.29) is 21.0 Å². The lowest BCUT2D eigenvalue weighted by Gasteiger charge is -2.33. The largest absolute Gasteiger partial charge is 0.497 e. The molecule has 3 N–H and O–H groups in total. The molecule has 3 rings (SSSR count). The standard InChI is InChI=1S/C15H19N3O5S3/c1-3-17-13-9-18(10-4-6-11(23-2)7-5-10)26(21,22)15-12(13)8-14(24-15)25(16,19)20/h4-8,13,17H,3,9H2,1-2H3,(H2,16,19,20)/t13-/m0/s1. The highest BCUT2D eigenvalue weighted by molar-refractivity contribution is 7.96. The van der Waals surface area contributed by atoms with E-state index in [1.165, 1.54) is 17.5 Å². The molecule has 2 aromatic rings. The van der Waals surface area contributed by atoms with Gasteiger partial charge in [-0.25, -0.2) is 22.0 Å². The van der Waals surface area contributed by atoms with E-state index in [4.69, 9.17) is 9.88 Å². The molecule has 1 aliphatic rings. The maximum absolute atomic E-state index is 13.1. The van der Waals surface area contributed by atoms with Crippen molar-refractivity contribution in [3.05, 3.63) is 35.9 Å². The van der Waals surface area contributed by atoms with Crippen LogP contribution in [-0.4, -0.2) is 37.0 Å². The van der Waals surface area contributed by atoms with Gasteiger partial charge < -0.3 is 10.1 Å². The van der Waals surface area contributed by atoms with E-state index < -0.39 is 20.0 Å². The summed E-state index contributed by atoms with van der Waals surface area (Å²) in [5, 5.41) is 8.40. The molecule has 2 heterocycles. The molecule has 26 heavy (non-hydrogen) atoms. The highest BCUT2D eigenvalue weighted by Crippen LogP contribution is 2.41. The molecule has 0 bridgehead atoms. The summed E-state index contributed by atoms with van der Waals surface area (Å²) in [6, 6.07) is 7.66. The molecule has 0 amide bonds. The first-order valence-corrected chi connectivity index (χ1v) is 11.6. The fourth-order valence-electron chi connectivity index (χ4n) is 2.83. The minimum Gasteiger partial charge on any atom is -0.497 e. The Labute approximate surface area is 156 Å². The Morgan fingerprint density at radius 2 is 2.00 bits per heavy atom. The van der Waals surface area contributed by atoms with Crippen LogP contribution in [0, 0.1) is 0 Å². The number of fused-ring (bicyclic) bond motifs is 1. The van der Waals surface area contributed by atoms with Gasteiger partial charge in [0.05, 0.1) is 25.4 Å². The Bertz CT molecular complexity index is 1010. The lowest BCUT2D eigenvalue weighted by Crippen LogP contribution is -2.43. The molecule has 1 aromatic heterocycles. The number of ether oxygens (including phenoxy) is 1. The zero-order chi connectivity index (χ0) is 19.1. The summed E-state index contributed by atoms with van der Waals surface area (Å²) < 4.78 is 55.8. The van der Waals surface area contributed by atoms with E-state index >= 15 is 0 Å². The van der Waals surface area contributed by atoms with Gasteiger partial charge in [-0.15, -0.1) is 11.3 Å². The van der Waals surface area contributed by atoms with E-state index in [0.29, 0.717) is 34.9 Å². The van der Waals surface area contributed by atoms with Gasteiger partial charge in [0.15, 0.2) is 0 Å². The molecule has 0 aliphatic carbocycles. The molecule has 0 saturated carbocycles. The molecule has 1 atom stereocenters. The van der Waals surface area contributed by atoms with E-state index in [0.717, 1.165) is 0 Å². The van der Waals surface area contributed by atoms with Gasteiger partial charge in [0.2, 0.25) is 10.0 Å². The first kappa shape index (κ1) is 19.1. The Balaban J connectivity index is 2.13. The molecular formula is C15H19N3O5S3. The molecule has 1 aromatic carbocycles. The van der Waals surface area contributed by atoms with Crippen LogP contribution in [0.5, 0.6) is 5.75 Å². The minimum atomic E-state index is -3.99. The highest BCUT2D eigenvalue weighted by atomic mass is 32.3. The monoisotopic (exact) mass is 417 g/mol. The number of anilines is 1. The van der Waals surface area contributed by atoms with Crippen LogP contribution in [-0.2, 0) is 20.0 Å². The van der Waals surface area contributed by atoms with Gasteiger partial charge in [-0.1, -0.05) is 6.92 Å². The number of thiophene rings is 1. The zero-order valence-corrected chi connectivity index (χ0v) is 16.6. The molecule has 0 spiro atoms. The van der Waals surface area contributed by atoms with Gasteiger partial charge in [0.1, 0.15) is 14.2 Å². The van der Waals surface area contributed by atoms with Crippen molar-refractivity contribution in [2.75, 3.05) is 24.5 Å². The summed E-state index contributed by atoms with van der Waals surface area (Å²) in [6.45, 7) is 2.64.